The molecule has 11 nitrogen and oxygen atoms in total. The molecule has 2 aromatic carbocycles. The fourth-order valence-electron chi connectivity index (χ4n) is 2.51. The van der Waals surface area contributed by atoms with Gasteiger partial charge in [-0.1, -0.05) is 24.3 Å². The van der Waals surface area contributed by atoms with E-state index in [9.17, 15) is 24.8 Å². The molecule has 170 valence electrons. The van der Waals surface area contributed by atoms with E-state index in [0.29, 0.717) is 21.8 Å². The van der Waals surface area contributed by atoms with E-state index < -0.39 is 28.7 Å². The Morgan fingerprint density at radius 3 is 2.38 bits per heavy atom. The van der Waals surface area contributed by atoms with Crippen LogP contribution in [0.5, 0.6) is 5.75 Å². The van der Waals surface area contributed by atoms with E-state index in [2.05, 4.69) is 5.32 Å². The molecule has 2 aromatic rings. The fourth-order valence-corrected chi connectivity index (χ4v) is 2.51. The van der Waals surface area contributed by atoms with Crippen LogP contribution in [0.1, 0.15) is 31.9 Å². The number of alkyl carbamates (subject to hydrolysis) is 1. The summed E-state index contributed by atoms with van der Waals surface area (Å²) in [5.74, 6) is -0.165. The van der Waals surface area contributed by atoms with Crippen LogP contribution in [0.15, 0.2) is 48.5 Å². The van der Waals surface area contributed by atoms with Gasteiger partial charge in [0.25, 0.3) is 5.69 Å². The molecule has 0 aliphatic carbocycles. The van der Waals surface area contributed by atoms with Crippen LogP contribution in [0.4, 0.5) is 15.3 Å². The van der Waals surface area contributed by atoms with Crippen molar-refractivity contribution in [2.45, 2.75) is 39.5 Å². The summed E-state index contributed by atoms with van der Waals surface area (Å²) in [6, 6.07) is 12.5. The van der Waals surface area contributed by atoms with Crippen LogP contribution in [-0.4, -0.2) is 38.7 Å². The number of nitro benzene ring substituents is 1. The van der Waals surface area contributed by atoms with Crippen molar-refractivity contribution in [2.24, 2.45) is 0 Å². The number of carbonyl (C=O) groups is 2. The maximum atomic E-state index is 11.8. The first kappa shape index (κ1) is 24.1. The molecule has 0 spiro atoms. The standard InChI is InChI=1S/C21H24N4O7/c1-21(2,3)32-19(26)23-18(22)24(20(27)28)12-14-7-9-17(10-8-14)31-13-15-5-4-6-16(11-15)25(29)30/h4-11H,12-13H2,1-3H3,(H,27,28)(H2,22,23,26). The van der Waals surface area contributed by atoms with Gasteiger partial charge in [0.15, 0.2) is 0 Å². The summed E-state index contributed by atoms with van der Waals surface area (Å²) in [6.45, 7) is 4.87. The number of carbonyl (C=O) groups excluding carboxylic acids is 1. The van der Waals surface area contributed by atoms with Gasteiger partial charge < -0.3 is 14.6 Å². The second kappa shape index (κ2) is 10.2. The van der Waals surface area contributed by atoms with Crippen LogP contribution >= 0.6 is 0 Å². The van der Waals surface area contributed by atoms with Crippen LogP contribution in [0, 0.1) is 15.5 Å². The summed E-state index contributed by atoms with van der Waals surface area (Å²) in [6.07, 6.45) is -2.35. The third-order valence-electron chi connectivity index (χ3n) is 3.91. The monoisotopic (exact) mass is 444 g/mol. The van der Waals surface area contributed by atoms with Crippen molar-refractivity contribution in [3.05, 3.63) is 69.8 Å². The molecule has 2 rings (SSSR count). The predicted molar refractivity (Wildman–Crippen MR) is 115 cm³/mol. The number of nitrogens with one attached hydrogen (secondary N) is 2. The Kier molecular flexibility index (Phi) is 7.72. The maximum absolute atomic E-state index is 11.8. The zero-order chi connectivity index (χ0) is 23.9. The van der Waals surface area contributed by atoms with E-state index in [1.165, 1.54) is 12.1 Å². The molecule has 0 radical (unpaired) electrons. The van der Waals surface area contributed by atoms with Crippen molar-refractivity contribution in [2.75, 3.05) is 0 Å². The third-order valence-corrected chi connectivity index (χ3v) is 3.91. The van der Waals surface area contributed by atoms with Crippen LogP contribution in [0.25, 0.3) is 0 Å². The summed E-state index contributed by atoms with van der Waals surface area (Å²) in [7, 11) is 0. The minimum atomic E-state index is -1.42. The zero-order valence-corrected chi connectivity index (χ0v) is 17.8. The number of guanidine groups is 1. The van der Waals surface area contributed by atoms with Gasteiger partial charge in [-0.05, 0) is 44.0 Å². The first-order valence-corrected chi connectivity index (χ1v) is 9.48. The van der Waals surface area contributed by atoms with E-state index in [0.717, 1.165) is 0 Å². The highest BCUT2D eigenvalue weighted by atomic mass is 16.6. The van der Waals surface area contributed by atoms with Crippen LogP contribution in [0.2, 0.25) is 0 Å². The number of hydrogen-bond acceptors (Lipinski definition) is 7. The van der Waals surface area contributed by atoms with Crippen LogP contribution < -0.4 is 10.1 Å². The summed E-state index contributed by atoms with van der Waals surface area (Å²) < 4.78 is 10.6. The molecule has 3 N–H and O–H groups in total. The molecule has 32 heavy (non-hydrogen) atoms. The Morgan fingerprint density at radius 2 is 1.81 bits per heavy atom. The second-order valence-electron chi connectivity index (χ2n) is 7.70. The van der Waals surface area contributed by atoms with Gasteiger partial charge >= 0.3 is 12.2 Å². The van der Waals surface area contributed by atoms with Crippen molar-refractivity contribution in [3.8, 4) is 5.75 Å². The van der Waals surface area contributed by atoms with Gasteiger partial charge in [0, 0.05) is 12.1 Å². The number of nitrogens with zero attached hydrogens (tertiary/aromatic N) is 2. The molecule has 0 atom stereocenters. The van der Waals surface area contributed by atoms with E-state index >= 15 is 0 Å². The van der Waals surface area contributed by atoms with Crippen molar-refractivity contribution in [1.29, 1.82) is 5.41 Å². The summed E-state index contributed by atoms with van der Waals surface area (Å²) >= 11 is 0. The molecule has 0 bridgehead atoms. The number of nitro groups is 1. The predicted octanol–water partition coefficient (Wildman–Crippen LogP) is 4.11. The molecule has 0 heterocycles. The van der Waals surface area contributed by atoms with Crippen molar-refractivity contribution in [3.63, 3.8) is 0 Å². The number of carboxylic acid groups (broad SMARTS) is 1. The van der Waals surface area contributed by atoms with E-state index in [4.69, 9.17) is 14.9 Å². The smallest absolute Gasteiger partial charge is 0.414 e. The second-order valence-corrected chi connectivity index (χ2v) is 7.70. The average molecular weight is 444 g/mol. The molecule has 0 aliphatic rings. The number of benzene rings is 2. The molecule has 0 aromatic heterocycles. The number of ether oxygens (including phenoxy) is 2. The normalized spacial score (nSPS) is 10.7. The number of hydrogen-bond donors (Lipinski definition) is 3. The first-order valence-electron chi connectivity index (χ1n) is 9.48. The molecule has 0 saturated carbocycles. The highest BCUT2D eigenvalue weighted by molar-refractivity contribution is 5.99. The maximum Gasteiger partial charge on any atom is 0.414 e. The lowest BCUT2D eigenvalue weighted by atomic mass is 10.2. The van der Waals surface area contributed by atoms with Gasteiger partial charge in [0.1, 0.15) is 18.0 Å². The Labute approximate surface area is 184 Å². The fraction of sp³-hybridized carbons (Fsp3) is 0.286. The highest BCUT2D eigenvalue weighted by Gasteiger charge is 2.23. The molecular weight excluding hydrogens is 420 g/mol. The minimum absolute atomic E-state index is 0.0300. The van der Waals surface area contributed by atoms with Gasteiger partial charge in [-0.25, -0.2) is 14.5 Å². The SMILES string of the molecule is CC(C)(C)OC(=O)NC(=N)N(Cc1ccc(OCc2cccc([N+](=O)[O-])c2)cc1)C(=O)O. The lowest BCUT2D eigenvalue weighted by Gasteiger charge is -2.23. The van der Waals surface area contributed by atoms with Gasteiger partial charge in [0.05, 0.1) is 11.5 Å². The Hall–Kier alpha value is -4.15. The van der Waals surface area contributed by atoms with Gasteiger partial charge in [0.2, 0.25) is 5.96 Å². The molecule has 0 aliphatic heterocycles. The van der Waals surface area contributed by atoms with Gasteiger partial charge in [-0.2, -0.15) is 0 Å². The summed E-state index contributed by atoms with van der Waals surface area (Å²) in [4.78, 5) is 34.3. The average Bonchev–Trinajstić information content (AvgIpc) is 2.69. The molecule has 0 unspecified atom stereocenters. The third kappa shape index (κ3) is 7.59. The lowest BCUT2D eigenvalue weighted by Crippen LogP contribution is -2.47. The Bertz CT molecular complexity index is 1000. The van der Waals surface area contributed by atoms with Gasteiger partial charge in [-0.3, -0.25) is 20.8 Å². The molecule has 0 saturated heterocycles. The summed E-state index contributed by atoms with van der Waals surface area (Å²) in [5, 5.41) is 30.2. The van der Waals surface area contributed by atoms with E-state index in [1.807, 2.05) is 0 Å². The van der Waals surface area contributed by atoms with Crippen LogP contribution in [-0.2, 0) is 17.9 Å². The molecule has 11 heteroatoms. The number of non-ortho nitro benzene ring substituents is 1. The molecule has 2 amide bonds. The van der Waals surface area contributed by atoms with Crippen molar-refractivity contribution >= 4 is 23.8 Å². The van der Waals surface area contributed by atoms with Crippen molar-refractivity contribution < 1.29 is 29.1 Å². The number of rotatable bonds is 6. The van der Waals surface area contributed by atoms with Crippen molar-refractivity contribution in [1.82, 2.24) is 10.2 Å². The highest BCUT2D eigenvalue weighted by Crippen LogP contribution is 2.18. The van der Waals surface area contributed by atoms with Gasteiger partial charge in [-0.15, -0.1) is 0 Å². The summed E-state index contributed by atoms with van der Waals surface area (Å²) in [5.41, 5.74) is 0.351. The molecular formula is C21H24N4O7. The Balaban J connectivity index is 1.97. The Morgan fingerprint density at radius 1 is 1.16 bits per heavy atom. The molecule has 0 fully saturated rings. The van der Waals surface area contributed by atoms with Crippen LogP contribution in [0.3, 0.4) is 0 Å². The topological polar surface area (TPSA) is 155 Å². The largest absolute Gasteiger partial charge is 0.489 e. The lowest BCUT2D eigenvalue weighted by molar-refractivity contribution is -0.384. The minimum Gasteiger partial charge on any atom is -0.489 e. The zero-order valence-electron chi connectivity index (χ0n) is 17.8. The van der Waals surface area contributed by atoms with E-state index in [-0.39, 0.29) is 18.8 Å². The van der Waals surface area contributed by atoms with E-state index in [1.54, 1.807) is 57.2 Å². The number of amides is 2. The quantitative estimate of drug-likeness (QED) is 0.262. The first-order chi connectivity index (χ1) is 14.9.